The molecule has 1 aromatic carbocycles. The van der Waals surface area contributed by atoms with Crippen molar-refractivity contribution < 1.29 is 9.53 Å². The molecule has 3 aliphatic rings. The van der Waals surface area contributed by atoms with E-state index in [4.69, 9.17) is 4.74 Å². The van der Waals surface area contributed by atoms with Crippen LogP contribution in [0.2, 0.25) is 0 Å². The third-order valence-corrected chi connectivity index (χ3v) is 7.10. The van der Waals surface area contributed by atoms with Gasteiger partial charge in [0.25, 0.3) is 5.91 Å². The number of para-hydroxylation sites is 1. The number of aromatic nitrogens is 1. The summed E-state index contributed by atoms with van der Waals surface area (Å²) in [6, 6.07) is 9.88. The fraction of sp³-hybridized carbons (Fsp3) is 0.500. The van der Waals surface area contributed by atoms with Gasteiger partial charge < -0.3 is 9.64 Å². The molecule has 130 valence electrons. The summed E-state index contributed by atoms with van der Waals surface area (Å²) >= 11 is 2.00. The van der Waals surface area contributed by atoms with Crippen LogP contribution in [0.3, 0.4) is 0 Å². The van der Waals surface area contributed by atoms with Crippen molar-refractivity contribution in [2.75, 3.05) is 25.4 Å². The number of benzene rings is 1. The molecule has 1 aromatic heterocycles. The molecule has 2 aromatic rings. The number of hydrogen-bond acceptors (Lipinski definition) is 4. The van der Waals surface area contributed by atoms with Crippen LogP contribution in [0.15, 0.2) is 36.5 Å². The van der Waals surface area contributed by atoms with Crippen molar-refractivity contribution in [1.29, 1.82) is 0 Å². The lowest BCUT2D eigenvalue weighted by Gasteiger charge is -2.47. The van der Waals surface area contributed by atoms with Gasteiger partial charge >= 0.3 is 0 Å². The van der Waals surface area contributed by atoms with Gasteiger partial charge in [0.2, 0.25) is 0 Å². The lowest BCUT2D eigenvalue weighted by Crippen LogP contribution is -2.60. The van der Waals surface area contributed by atoms with E-state index in [1.54, 1.807) is 6.20 Å². The molecule has 5 heteroatoms. The van der Waals surface area contributed by atoms with E-state index in [0.717, 1.165) is 48.7 Å². The maximum atomic E-state index is 12.8. The monoisotopic (exact) mass is 354 g/mol. The standard InChI is InChI=1S/C20H22N2O2S/c23-19(16-7-15-3-1-2-4-18(15)21-9-16)22-12-20(13-22)8-17(11-25-20)24-10-14-5-6-14/h1-4,7,9,14,17H,5-6,8,10-13H2/t17-/m0/s1. The molecule has 1 aliphatic carbocycles. The largest absolute Gasteiger partial charge is 0.377 e. The first kappa shape index (κ1) is 15.6. The predicted octanol–water partition coefficient (Wildman–Crippen LogP) is 3.36. The highest BCUT2D eigenvalue weighted by Gasteiger charge is 2.51. The van der Waals surface area contributed by atoms with E-state index in [1.807, 2.05) is 47.0 Å². The number of nitrogens with zero attached hydrogens (tertiary/aromatic N) is 2. The molecule has 2 aliphatic heterocycles. The minimum absolute atomic E-state index is 0.104. The molecular weight excluding hydrogens is 332 g/mol. The summed E-state index contributed by atoms with van der Waals surface area (Å²) in [4.78, 5) is 19.1. The Labute approximate surface area is 151 Å². The van der Waals surface area contributed by atoms with Gasteiger partial charge in [-0.1, -0.05) is 18.2 Å². The van der Waals surface area contributed by atoms with Crippen LogP contribution >= 0.6 is 11.8 Å². The molecule has 3 fully saturated rings. The van der Waals surface area contributed by atoms with Crippen molar-refractivity contribution in [2.24, 2.45) is 5.92 Å². The highest BCUT2D eigenvalue weighted by Crippen LogP contribution is 2.46. The zero-order chi connectivity index (χ0) is 16.9. The quantitative estimate of drug-likeness (QED) is 0.844. The van der Waals surface area contributed by atoms with Crippen molar-refractivity contribution in [3.63, 3.8) is 0 Å². The number of hydrogen-bond donors (Lipinski definition) is 0. The van der Waals surface area contributed by atoms with Crippen LogP contribution in [-0.2, 0) is 4.74 Å². The highest BCUT2D eigenvalue weighted by molar-refractivity contribution is 8.01. The Bertz CT molecular complexity index is 814. The smallest absolute Gasteiger partial charge is 0.255 e. The fourth-order valence-corrected chi connectivity index (χ4v) is 5.40. The van der Waals surface area contributed by atoms with Crippen molar-refractivity contribution in [3.8, 4) is 0 Å². The number of likely N-dealkylation sites (tertiary alicyclic amines) is 1. The number of ether oxygens (including phenoxy) is 1. The maximum absolute atomic E-state index is 12.8. The molecule has 25 heavy (non-hydrogen) atoms. The second kappa shape index (κ2) is 5.99. The predicted molar refractivity (Wildman–Crippen MR) is 99.9 cm³/mol. The van der Waals surface area contributed by atoms with Crippen molar-refractivity contribution in [3.05, 3.63) is 42.1 Å². The first-order valence-corrected chi connectivity index (χ1v) is 10.1. The molecule has 2 saturated heterocycles. The van der Waals surface area contributed by atoms with E-state index in [1.165, 1.54) is 12.8 Å². The molecule has 1 spiro atoms. The lowest BCUT2D eigenvalue weighted by atomic mass is 9.92. The molecule has 5 rings (SSSR count). The Kier molecular flexibility index (Phi) is 3.75. The molecule has 0 N–H and O–H groups in total. The number of amides is 1. The van der Waals surface area contributed by atoms with Gasteiger partial charge in [0.1, 0.15) is 0 Å². The number of pyridine rings is 1. The van der Waals surface area contributed by atoms with Crippen molar-refractivity contribution >= 4 is 28.6 Å². The second-order valence-electron chi connectivity index (χ2n) is 7.67. The number of carbonyl (C=O) groups is 1. The van der Waals surface area contributed by atoms with E-state index >= 15 is 0 Å². The molecule has 1 atom stereocenters. The number of fused-ring (bicyclic) bond motifs is 1. The van der Waals surface area contributed by atoms with Gasteiger partial charge in [-0.2, -0.15) is 0 Å². The topological polar surface area (TPSA) is 42.4 Å². The summed E-state index contributed by atoms with van der Waals surface area (Å²) in [7, 11) is 0. The Morgan fingerprint density at radius 2 is 2.16 bits per heavy atom. The van der Waals surface area contributed by atoms with E-state index in [-0.39, 0.29) is 10.7 Å². The average Bonchev–Trinajstić information content (AvgIpc) is 3.35. The molecular formula is C20H22N2O2S. The normalized spacial score (nSPS) is 24.6. The highest BCUT2D eigenvalue weighted by atomic mass is 32.2. The molecule has 4 nitrogen and oxygen atoms in total. The van der Waals surface area contributed by atoms with Crippen LogP contribution in [-0.4, -0.2) is 52.1 Å². The summed E-state index contributed by atoms with van der Waals surface area (Å²) in [5.41, 5.74) is 1.62. The van der Waals surface area contributed by atoms with Gasteiger partial charge in [0, 0.05) is 37.0 Å². The Morgan fingerprint density at radius 1 is 1.32 bits per heavy atom. The van der Waals surface area contributed by atoms with Gasteiger partial charge in [-0.15, -0.1) is 11.8 Å². The summed E-state index contributed by atoms with van der Waals surface area (Å²) < 4.78 is 6.28. The molecule has 1 saturated carbocycles. The van der Waals surface area contributed by atoms with Crippen LogP contribution in [0, 0.1) is 5.92 Å². The average molecular weight is 354 g/mol. The van der Waals surface area contributed by atoms with Crippen LogP contribution < -0.4 is 0 Å². The summed E-state index contributed by atoms with van der Waals surface area (Å²) in [6.45, 7) is 2.62. The molecule has 0 unspecified atom stereocenters. The van der Waals surface area contributed by atoms with Crippen LogP contribution in [0.4, 0.5) is 0 Å². The molecule has 0 radical (unpaired) electrons. The SMILES string of the molecule is O=C(c1cnc2ccccc2c1)N1CC2(C[C@H](OCC3CC3)CS2)C1. The van der Waals surface area contributed by atoms with E-state index < -0.39 is 0 Å². The first-order chi connectivity index (χ1) is 12.2. The Hall–Kier alpha value is -1.59. The molecule has 1 amide bonds. The van der Waals surface area contributed by atoms with Crippen LogP contribution in [0.25, 0.3) is 10.9 Å². The second-order valence-corrected chi connectivity index (χ2v) is 9.16. The Morgan fingerprint density at radius 3 is 3.00 bits per heavy atom. The maximum Gasteiger partial charge on any atom is 0.255 e. The summed E-state index contributed by atoms with van der Waals surface area (Å²) in [5.74, 6) is 2.00. The molecule has 3 heterocycles. The summed E-state index contributed by atoms with van der Waals surface area (Å²) in [6.07, 6.45) is 5.86. The molecule has 0 bridgehead atoms. The van der Waals surface area contributed by atoms with E-state index in [9.17, 15) is 4.79 Å². The van der Waals surface area contributed by atoms with Gasteiger partial charge in [0.15, 0.2) is 0 Å². The zero-order valence-corrected chi connectivity index (χ0v) is 15.0. The van der Waals surface area contributed by atoms with Crippen LogP contribution in [0.5, 0.6) is 0 Å². The van der Waals surface area contributed by atoms with Gasteiger partial charge in [-0.25, -0.2) is 0 Å². The third kappa shape index (κ3) is 3.04. The van der Waals surface area contributed by atoms with E-state index in [2.05, 4.69) is 4.98 Å². The minimum Gasteiger partial charge on any atom is -0.377 e. The number of rotatable bonds is 4. The van der Waals surface area contributed by atoms with Gasteiger partial charge in [-0.05, 0) is 37.3 Å². The number of carbonyl (C=O) groups excluding carboxylic acids is 1. The lowest BCUT2D eigenvalue weighted by molar-refractivity contribution is 0.0287. The Balaban J connectivity index is 1.21. The fourth-order valence-electron chi connectivity index (χ4n) is 3.85. The zero-order valence-electron chi connectivity index (χ0n) is 14.2. The van der Waals surface area contributed by atoms with Crippen molar-refractivity contribution in [1.82, 2.24) is 9.88 Å². The van der Waals surface area contributed by atoms with Crippen molar-refractivity contribution in [2.45, 2.75) is 30.1 Å². The van der Waals surface area contributed by atoms with Crippen LogP contribution in [0.1, 0.15) is 29.6 Å². The first-order valence-electron chi connectivity index (χ1n) is 9.10. The van der Waals surface area contributed by atoms with Gasteiger partial charge in [0.05, 0.1) is 21.9 Å². The summed E-state index contributed by atoms with van der Waals surface area (Å²) in [5, 5.41) is 1.02. The van der Waals surface area contributed by atoms with E-state index in [0.29, 0.717) is 11.7 Å². The minimum atomic E-state index is 0.104. The third-order valence-electron chi connectivity index (χ3n) is 5.52. The van der Waals surface area contributed by atoms with Gasteiger partial charge in [-0.3, -0.25) is 9.78 Å². The number of thioether (sulfide) groups is 1.